The Hall–Kier alpha value is -2.05. The number of benzene rings is 2. The van der Waals surface area contributed by atoms with Crippen molar-refractivity contribution in [3.63, 3.8) is 0 Å². The topological polar surface area (TPSA) is 83.6 Å². The average Bonchev–Trinajstić information content (AvgIpc) is 2.41. The van der Waals surface area contributed by atoms with E-state index < -0.39 is 10.0 Å². The lowest BCUT2D eigenvalue weighted by molar-refractivity contribution is 0.463. The predicted octanol–water partition coefficient (Wildman–Crippen LogP) is 1.80. The Balaban J connectivity index is 2.23. The van der Waals surface area contributed by atoms with Crippen LogP contribution in [0.15, 0.2) is 53.4 Å². The number of hydrogen-bond donors (Lipinski definition) is 2. The molecule has 0 spiro atoms. The fourth-order valence-corrected chi connectivity index (χ4v) is 3.01. The fraction of sp³-hybridized carbons (Fsp3) is 0.143. The van der Waals surface area contributed by atoms with Crippen LogP contribution in [0.2, 0.25) is 0 Å². The van der Waals surface area contributed by atoms with Gasteiger partial charge in [0, 0.05) is 19.3 Å². The van der Waals surface area contributed by atoms with E-state index in [1.165, 1.54) is 35.6 Å². The van der Waals surface area contributed by atoms with Gasteiger partial charge in [-0.3, -0.25) is 0 Å². The fourth-order valence-electron chi connectivity index (χ4n) is 1.80. The lowest BCUT2D eigenvalue weighted by Gasteiger charge is -2.17. The van der Waals surface area contributed by atoms with E-state index in [0.29, 0.717) is 5.69 Å². The first-order chi connectivity index (χ1) is 9.39. The smallest absolute Gasteiger partial charge is 0.243 e. The van der Waals surface area contributed by atoms with Crippen molar-refractivity contribution in [2.45, 2.75) is 11.4 Å². The molecule has 0 radical (unpaired) electrons. The van der Waals surface area contributed by atoms with Gasteiger partial charge < -0.3 is 10.8 Å². The molecule has 0 bridgehead atoms. The summed E-state index contributed by atoms with van der Waals surface area (Å²) in [7, 11) is -2.07. The zero-order valence-corrected chi connectivity index (χ0v) is 11.8. The molecule has 5 nitrogen and oxygen atoms in total. The summed E-state index contributed by atoms with van der Waals surface area (Å²) in [5, 5.41) is 9.21. The van der Waals surface area contributed by atoms with E-state index in [2.05, 4.69) is 0 Å². The van der Waals surface area contributed by atoms with Gasteiger partial charge in [-0.25, -0.2) is 8.42 Å². The zero-order valence-electron chi connectivity index (χ0n) is 11.0. The van der Waals surface area contributed by atoms with Crippen molar-refractivity contribution in [2.75, 3.05) is 12.8 Å². The largest absolute Gasteiger partial charge is 0.508 e. The van der Waals surface area contributed by atoms with Crippen LogP contribution < -0.4 is 5.73 Å². The molecule has 0 saturated heterocycles. The van der Waals surface area contributed by atoms with Crippen molar-refractivity contribution in [3.05, 3.63) is 54.1 Å². The van der Waals surface area contributed by atoms with Crippen LogP contribution in [0.1, 0.15) is 5.56 Å². The number of nitrogens with zero attached hydrogens (tertiary/aromatic N) is 1. The van der Waals surface area contributed by atoms with Crippen LogP contribution in [-0.2, 0) is 16.6 Å². The molecule has 0 saturated carbocycles. The zero-order chi connectivity index (χ0) is 14.8. The second-order valence-corrected chi connectivity index (χ2v) is 6.54. The van der Waals surface area contributed by atoms with E-state index in [1.54, 1.807) is 24.3 Å². The van der Waals surface area contributed by atoms with Crippen LogP contribution in [-0.4, -0.2) is 24.9 Å². The van der Waals surface area contributed by atoms with Gasteiger partial charge >= 0.3 is 0 Å². The number of phenolic OH excluding ortho intramolecular Hbond substituents is 1. The van der Waals surface area contributed by atoms with Gasteiger partial charge in [0.1, 0.15) is 5.75 Å². The second kappa shape index (κ2) is 5.52. The number of phenols is 1. The first kappa shape index (κ1) is 14.4. The summed E-state index contributed by atoms with van der Waals surface area (Å²) in [4.78, 5) is 0.166. The molecule has 0 aliphatic heterocycles. The average molecular weight is 292 g/mol. The van der Waals surface area contributed by atoms with Crippen LogP contribution in [0, 0.1) is 0 Å². The Bertz CT molecular complexity index is 697. The molecule has 2 aromatic carbocycles. The van der Waals surface area contributed by atoms with Gasteiger partial charge in [0.05, 0.1) is 4.90 Å². The third kappa shape index (κ3) is 3.09. The number of anilines is 1. The standard InChI is InChI=1S/C14H16N2O3S/c1-16(10-11-5-7-13(17)8-6-11)20(18,19)14-4-2-3-12(15)9-14/h2-9,17H,10,15H2,1H3. The van der Waals surface area contributed by atoms with Crippen molar-refractivity contribution < 1.29 is 13.5 Å². The van der Waals surface area contributed by atoms with Crippen LogP contribution >= 0.6 is 0 Å². The van der Waals surface area contributed by atoms with Gasteiger partial charge in [0.15, 0.2) is 0 Å². The quantitative estimate of drug-likeness (QED) is 0.842. The molecule has 106 valence electrons. The molecule has 20 heavy (non-hydrogen) atoms. The minimum atomic E-state index is -3.58. The van der Waals surface area contributed by atoms with E-state index in [9.17, 15) is 13.5 Å². The van der Waals surface area contributed by atoms with Crippen LogP contribution in [0.4, 0.5) is 5.69 Å². The van der Waals surface area contributed by atoms with E-state index in [4.69, 9.17) is 5.73 Å². The van der Waals surface area contributed by atoms with E-state index in [0.717, 1.165) is 5.56 Å². The lowest BCUT2D eigenvalue weighted by Crippen LogP contribution is -2.26. The molecule has 2 aromatic rings. The molecule has 2 rings (SSSR count). The summed E-state index contributed by atoms with van der Waals surface area (Å²) >= 11 is 0. The Labute approximate surface area is 118 Å². The molecule has 0 atom stereocenters. The van der Waals surface area contributed by atoms with Crippen LogP contribution in [0.5, 0.6) is 5.75 Å². The van der Waals surface area contributed by atoms with Gasteiger partial charge in [-0.1, -0.05) is 18.2 Å². The third-order valence-electron chi connectivity index (χ3n) is 2.91. The van der Waals surface area contributed by atoms with E-state index in [-0.39, 0.29) is 17.2 Å². The Morgan fingerprint density at radius 2 is 1.80 bits per heavy atom. The van der Waals surface area contributed by atoms with Crippen molar-refractivity contribution in [1.29, 1.82) is 0 Å². The summed E-state index contributed by atoms with van der Waals surface area (Å²) in [6.45, 7) is 0.220. The highest BCUT2D eigenvalue weighted by atomic mass is 32.2. The molecular formula is C14H16N2O3S. The maximum Gasteiger partial charge on any atom is 0.243 e. The highest BCUT2D eigenvalue weighted by Crippen LogP contribution is 2.19. The highest BCUT2D eigenvalue weighted by molar-refractivity contribution is 7.89. The molecule has 0 aliphatic rings. The predicted molar refractivity (Wildman–Crippen MR) is 77.6 cm³/mol. The van der Waals surface area contributed by atoms with Crippen molar-refractivity contribution >= 4 is 15.7 Å². The number of nitrogen functional groups attached to an aromatic ring is 1. The maximum absolute atomic E-state index is 12.4. The number of nitrogens with two attached hydrogens (primary N) is 1. The highest BCUT2D eigenvalue weighted by Gasteiger charge is 2.20. The molecule has 6 heteroatoms. The summed E-state index contributed by atoms with van der Waals surface area (Å²) < 4.78 is 26.0. The third-order valence-corrected chi connectivity index (χ3v) is 4.71. The number of aromatic hydroxyl groups is 1. The Kier molecular flexibility index (Phi) is 3.96. The molecular weight excluding hydrogens is 276 g/mol. The Morgan fingerprint density at radius 1 is 1.15 bits per heavy atom. The number of rotatable bonds is 4. The number of hydrogen-bond acceptors (Lipinski definition) is 4. The molecule has 0 fully saturated rings. The maximum atomic E-state index is 12.4. The van der Waals surface area contributed by atoms with Gasteiger partial charge in [-0.05, 0) is 35.9 Å². The van der Waals surface area contributed by atoms with Gasteiger partial charge in [-0.15, -0.1) is 0 Å². The minimum Gasteiger partial charge on any atom is -0.508 e. The van der Waals surface area contributed by atoms with E-state index >= 15 is 0 Å². The minimum absolute atomic E-state index is 0.148. The van der Waals surface area contributed by atoms with Crippen molar-refractivity contribution in [2.24, 2.45) is 0 Å². The first-order valence-corrected chi connectivity index (χ1v) is 7.43. The second-order valence-electron chi connectivity index (χ2n) is 4.50. The Morgan fingerprint density at radius 3 is 2.40 bits per heavy atom. The first-order valence-electron chi connectivity index (χ1n) is 5.99. The summed E-state index contributed by atoms with van der Waals surface area (Å²) in [5.74, 6) is 0.148. The normalized spacial score (nSPS) is 11.7. The number of sulfonamides is 1. The summed E-state index contributed by atoms with van der Waals surface area (Å²) in [6.07, 6.45) is 0. The van der Waals surface area contributed by atoms with E-state index in [1.807, 2.05) is 0 Å². The van der Waals surface area contributed by atoms with Crippen LogP contribution in [0.3, 0.4) is 0 Å². The molecule has 0 aliphatic carbocycles. The monoisotopic (exact) mass is 292 g/mol. The van der Waals surface area contributed by atoms with Gasteiger partial charge in [0.2, 0.25) is 10.0 Å². The molecule has 0 heterocycles. The molecule has 0 aromatic heterocycles. The molecule has 3 N–H and O–H groups in total. The SMILES string of the molecule is CN(Cc1ccc(O)cc1)S(=O)(=O)c1cccc(N)c1. The van der Waals surface area contributed by atoms with Gasteiger partial charge in [-0.2, -0.15) is 4.31 Å². The van der Waals surface area contributed by atoms with Gasteiger partial charge in [0.25, 0.3) is 0 Å². The summed E-state index contributed by atoms with van der Waals surface area (Å²) in [6, 6.07) is 12.6. The lowest BCUT2D eigenvalue weighted by atomic mass is 10.2. The molecule has 0 unspecified atom stereocenters. The van der Waals surface area contributed by atoms with Crippen molar-refractivity contribution in [1.82, 2.24) is 4.31 Å². The summed E-state index contributed by atoms with van der Waals surface area (Å²) in [5.41, 5.74) is 6.81. The van der Waals surface area contributed by atoms with Crippen LogP contribution in [0.25, 0.3) is 0 Å². The van der Waals surface area contributed by atoms with Crippen molar-refractivity contribution in [3.8, 4) is 5.75 Å². The molecule has 0 amide bonds.